The van der Waals surface area contributed by atoms with E-state index in [0.29, 0.717) is 48.4 Å². The molecule has 0 unspecified atom stereocenters. The van der Waals surface area contributed by atoms with Gasteiger partial charge in [-0.1, -0.05) is 6.07 Å². The fourth-order valence-corrected chi connectivity index (χ4v) is 6.27. The van der Waals surface area contributed by atoms with Crippen LogP contribution in [0.25, 0.3) is 10.9 Å². The molecule has 4 heterocycles. The Morgan fingerprint density at radius 3 is 2.87 bits per heavy atom. The van der Waals surface area contributed by atoms with Gasteiger partial charge in [-0.2, -0.15) is 0 Å². The minimum atomic E-state index is -0.398. The van der Waals surface area contributed by atoms with E-state index >= 15 is 0 Å². The number of aromatic nitrogens is 1. The molecular weight excluding hydrogens is 520 g/mol. The molecule has 2 aromatic carbocycles. The molecule has 3 aliphatic heterocycles. The lowest BCUT2D eigenvalue weighted by molar-refractivity contribution is -0.113. The van der Waals surface area contributed by atoms with E-state index < -0.39 is 12.1 Å². The highest BCUT2D eigenvalue weighted by Gasteiger charge is 2.33. The summed E-state index contributed by atoms with van der Waals surface area (Å²) in [5.41, 5.74) is 3.52. The van der Waals surface area contributed by atoms with Crippen LogP contribution in [0.5, 0.6) is 0 Å². The lowest BCUT2D eigenvalue weighted by Gasteiger charge is -2.20. The zero-order valence-electron chi connectivity index (χ0n) is 21.4. The number of thioether (sulfide) groups is 1. The quantitative estimate of drug-likeness (QED) is 0.323. The highest BCUT2D eigenvalue weighted by atomic mass is 32.2. The van der Waals surface area contributed by atoms with Crippen LogP contribution in [0.1, 0.15) is 41.7 Å². The van der Waals surface area contributed by atoms with Crippen molar-refractivity contribution in [3.8, 4) is 0 Å². The molecule has 0 saturated carbocycles. The highest BCUT2D eigenvalue weighted by Crippen LogP contribution is 2.36. The lowest BCUT2D eigenvalue weighted by atomic mass is 10.0. The number of pyridine rings is 1. The van der Waals surface area contributed by atoms with Gasteiger partial charge in [0.25, 0.3) is 5.56 Å². The summed E-state index contributed by atoms with van der Waals surface area (Å²) in [4.78, 5) is 51.9. The van der Waals surface area contributed by atoms with Crippen LogP contribution in [0.4, 0.5) is 16.2 Å². The summed E-state index contributed by atoms with van der Waals surface area (Å²) in [6.45, 7) is 3.64. The number of hydrogen-bond donors (Lipinski definition) is 2. The fraction of sp³-hybridized carbons (Fsp3) is 0.357. The van der Waals surface area contributed by atoms with Crippen LogP contribution < -0.4 is 21.1 Å². The van der Waals surface area contributed by atoms with E-state index in [0.717, 1.165) is 28.1 Å². The smallest absolute Gasteiger partial charge is 0.414 e. The maximum atomic E-state index is 12.6. The standard InChI is InChI=1S/C28H28N4O6S/c1-2-37-27(35)19-6-7-20-22(14-32-25(34)10-8-18(19)26(20)32)29-11-3-4-17-13-31(28(36)38-17)16-5-9-23-21(12-16)30-24(33)15-39-23/h5-10,12,17,22,29H,2-4,11,13-15H2,1H3,(H,30,33)/t17-,22-/m0/s1. The van der Waals surface area contributed by atoms with Crippen molar-refractivity contribution in [3.63, 3.8) is 0 Å². The van der Waals surface area contributed by atoms with E-state index in [-0.39, 0.29) is 30.2 Å². The molecule has 3 aromatic rings. The van der Waals surface area contributed by atoms with Crippen molar-refractivity contribution < 1.29 is 23.9 Å². The van der Waals surface area contributed by atoms with Gasteiger partial charge in [-0.05, 0) is 62.2 Å². The monoisotopic (exact) mass is 548 g/mol. The summed E-state index contributed by atoms with van der Waals surface area (Å²) < 4.78 is 12.5. The number of nitrogens with zero attached hydrogens (tertiary/aromatic N) is 2. The van der Waals surface area contributed by atoms with E-state index in [1.807, 2.05) is 24.3 Å². The van der Waals surface area contributed by atoms with Crippen LogP contribution >= 0.6 is 11.8 Å². The molecule has 1 aromatic heterocycles. The number of rotatable bonds is 8. The van der Waals surface area contributed by atoms with Gasteiger partial charge in [-0.3, -0.25) is 14.5 Å². The van der Waals surface area contributed by atoms with Crippen LogP contribution in [-0.4, -0.2) is 54.1 Å². The van der Waals surface area contributed by atoms with Crippen LogP contribution in [0.2, 0.25) is 0 Å². The summed E-state index contributed by atoms with van der Waals surface area (Å²) in [6, 6.07) is 12.4. The van der Waals surface area contributed by atoms with E-state index in [2.05, 4.69) is 10.6 Å². The van der Waals surface area contributed by atoms with Crippen molar-refractivity contribution in [3.05, 3.63) is 63.9 Å². The Balaban J connectivity index is 1.07. The lowest BCUT2D eigenvalue weighted by Crippen LogP contribution is -2.27. The number of esters is 1. The van der Waals surface area contributed by atoms with E-state index in [9.17, 15) is 19.2 Å². The maximum Gasteiger partial charge on any atom is 0.414 e. The number of ether oxygens (including phenoxy) is 2. The molecule has 6 rings (SSSR count). The van der Waals surface area contributed by atoms with Gasteiger partial charge in [0.05, 0.1) is 41.7 Å². The largest absolute Gasteiger partial charge is 0.462 e. The number of benzene rings is 2. The first-order valence-electron chi connectivity index (χ1n) is 13.0. The molecule has 0 radical (unpaired) electrons. The summed E-state index contributed by atoms with van der Waals surface area (Å²) in [7, 11) is 0. The third kappa shape index (κ3) is 4.76. The Bertz CT molecular complexity index is 1550. The number of hydrogen-bond acceptors (Lipinski definition) is 8. The summed E-state index contributed by atoms with van der Waals surface area (Å²) in [6.07, 6.45) is 0.827. The molecule has 0 bridgehead atoms. The van der Waals surface area contributed by atoms with Crippen LogP contribution in [0.15, 0.2) is 52.2 Å². The number of anilines is 2. The van der Waals surface area contributed by atoms with Crippen molar-refractivity contribution in [2.45, 2.75) is 43.4 Å². The van der Waals surface area contributed by atoms with Gasteiger partial charge in [0, 0.05) is 28.6 Å². The van der Waals surface area contributed by atoms with Crippen molar-refractivity contribution in [2.24, 2.45) is 0 Å². The van der Waals surface area contributed by atoms with E-state index in [1.54, 1.807) is 28.5 Å². The summed E-state index contributed by atoms with van der Waals surface area (Å²) in [5, 5.41) is 7.11. The summed E-state index contributed by atoms with van der Waals surface area (Å²) in [5.74, 6) is -0.0587. The molecular formula is C28H28N4O6S. The molecule has 2 amide bonds. The molecule has 202 valence electrons. The molecule has 1 saturated heterocycles. The Morgan fingerprint density at radius 1 is 1.15 bits per heavy atom. The second-order valence-electron chi connectivity index (χ2n) is 9.75. The molecule has 10 nitrogen and oxygen atoms in total. The van der Waals surface area contributed by atoms with Gasteiger partial charge in [0.1, 0.15) is 6.10 Å². The van der Waals surface area contributed by atoms with Gasteiger partial charge < -0.3 is 24.7 Å². The predicted octanol–water partition coefficient (Wildman–Crippen LogP) is 3.67. The Kier molecular flexibility index (Phi) is 6.78. The van der Waals surface area contributed by atoms with Gasteiger partial charge in [0.2, 0.25) is 5.91 Å². The van der Waals surface area contributed by atoms with Crippen molar-refractivity contribution >= 4 is 52.0 Å². The number of cyclic esters (lactones) is 1. The van der Waals surface area contributed by atoms with Gasteiger partial charge in [-0.25, -0.2) is 9.59 Å². The van der Waals surface area contributed by atoms with Crippen LogP contribution in [0.3, 0.4) is 0 Å². The number of carbonyl (C=O) groups excluding carboxylic acids is 3. The topological polar surface area (TPSA) is 119 Å². The minimum absolute atomic E-state index is 0.0510. The predicted molar refractivity (Wildman–Crippen MR) is 148 cm³/mol. The second-order valence-corrected chi connectivity index (χ2v) is 10.8. The van der Waals surface area contributed by atoms with Crippen LogP contribution in [-0.2, 0) is 20.8 Å². The zero-order valence-corrected chi connectivity index (χ0v) is 22.2. The first-order chi connectivity index (χ1) is 18.9. The Morgan fingerprint density at radius 2 is 2.03 bits per heavy atom. The average molecular weight is 549 g/mol. The molecule has 2 atom stereocenters. The highest BCUT2D eigenvalue weighted by molar-refractivity contribution is 8.00. The first-order valence-corrected chi connectivity index (χ1v) is 14.0. The molecule has 3 aliphatic rings. The molecule has 0 spiro atoms. The molecule has 11 heteroatoms. The normalized spacial score (nSPS) is 19.7. The maximum absolute atomic E-state index is 12.6. The van der Waals surface area contributed by atoms with Gasteiger partial charge >= 0.3 is 12.1 Å². The molecule has 0 aliphatic carbocycles. The number of nitrogens with one attached hydrogen (secondary N) is 2. The fourth-order valence-electron chi connectivity index (χ4n) is 5.48. The third-order valence-electron chi connectivity index (χ3n) is 7.29. The Hall–Kier alpha value is -3.83. The minimum Gasteiger partial charge on any atom is -0.462 e. The van der Waals surface area contributed by atoms with E-state index in [4.69, 9.17) is 9.47 Å². The van der Waals surface area contributed by atoms with Crippen molar-refractivity contribution in [1.29, 1.82) is 0 Å². The SMILES string of the molecule is CCOC(=O)c1ccc2c3c1ccc(=O)n3C[C@@H]2NCCC[C@H]1CN(c2ccc3c(c2)NC(=O)CS3)C(=O)O1. The molecule has 1 fully saturated rings. The number of amides is 2. The van der Waals surface area contributed by atoms with E-state index in [1.165, 1.54) is 17.8 Å². The molecule has 2 N–H and O–H groups in total. The van der Waals surface area contributed by atoms with Crippen molar-refractivity contribution in [2.75, 3.05) is 35.7 Å². The van der Waals surface area contributed by atoms with Gasteiger partial charge in [0.15, 0.2) is 0 Å². The Labute approximate surface area is 228 Å². The number of carbonyl (C=O) groups is 3. The van der Waals surface area contributed by atoms with Gasteiger partial charge in [-0.15, -0.1) is 11.8 Å². The van der Waals surface area contributed by atoms with Crippen molar-refractivity contribution in [1.82, 2.24) is 9.88 Å². The third-order valence-corrected chi connectivity index (χ3v) is 8.36. The zero-order chi connectivity index (χ0) is 27.1. The molecule has 39 heavy (non-hydrogen) atoms. The second kappa shape index (κ2) is 10.4. The first kappa shape index (κ1) is 25.4. The number of fused-ring (bicyclic) bond motifs is 1. The van der Waals surface area contributed by atoms with Crippen LogP contribution in [0, 0.1) is 0 Å². The summed E-state index contributed by atoms with van der Waals surface area (Å²) >= 11 is 1.48. The average Bonchev–Trinajstić information content (AvgIpc) is 3.49.